The summed E-state index contributed by atoms with van der Waals surface area (Å²) in [7, 11) is 0. The van der Waals surface area contributed by atoms with Crippen LogP contribution in [-0.2, 0) is 0 Å². The van der Waals surface area contributed by atoms with E-state index in [1.807, 2.05) is 0 Å². The SMILES string of the molecule is CC1CCCC(COc2nnccc2C(N)=S)C1. The molecular formula is C13H19N3OS. The lowest BCUT2D eigenvalue weighted by Crippen LogP contribution is -2.21. The van der Waals surface area contributed by atoms with Gasteiger partial charge in [0.1, 0.15) is 4.99 Å². The molecule has 4 nitrogen and oxygen atoms in total. The summed E-state index contributed by atoms with van der Waals surface area (Å²) in [6.07, 6.45) is 6.65. The number of ether oxygens (including phenoxy) is 1. The minimum Gasteiger partial charge on any atom is -0.476 e. The lowest BCUT2D eigenvalue weighted by atomic mass is 9.83. The highest BCUT2D eigenvalue weighted by Crippen LogP contribution is 2.29. The first-order valence-electron chi connectivity index (χ1n) is 6.41. The summed E-state index contributed by atoms with van der Waals surface area (Å²) in [6, 6.07) is 1.74. The second-order valence-corrected chi connectivity index (χ2v) is 5.50. The number of aromatic nitrogens is 2. The zero-order valence-electron chi connectivity index (χ0n) is 10.6. The first-order valence-corrected chi connectivity index (χ1v) is 6.82. The van der Waals surface area contributed by atoms with Crippen LogP contribution in [-0.4, -0.2) is 21.8 Å². The summed E-state index contributed by atoms with van der Waals surface area (Å²) in [5.74, 6) is 1.86. The van der Waals surface area contributed by atoms with Crippen molar-refractivity contribution in [1.82, 2.24) is 10.2 Å². The van der Waals surface area contributed by atoms with E-state index in [-0.39, 0.29) is 0 Å². The molecule has 0 bridgehead atoms. The van der Waals surface area contributed by atoms with E-state index in [1.165, 1.54) is 25.7 Å². The van der Waals surface area contributed by atoms with Gasteiger partial charge in [-0.2, -0.15) is 5.10 Å². The number of thiocarbonyl (C=S) groups is 1. The summed E-state index contributed by atoms with van der Waals surface area (Å²) in [5.41, 5.74) is 6.30. The van der Waals surface area contributed by atoms with Crippen molar-refractivity contribution in [2.75, 3.05) is 6.61 Å². The smallest absolute Gasteiger partial charge is 0.243 e. The van der Waals surface area contributed by atoms with Crippen molar-refractivity contribution in [3.63, 3.8) is 0 Å². The molecule has 0 aromatic carbocycles. The van der Waals surface area contributed by atoms with E-state index in [0.717, 1.165) is 5.92 Å². The fourth-order valence-electron chi connectivity index (χ4n) is 2.52. The highest BCUT2D eigenvalue weighted by Gasteiger charge is 2.20. The van der Waals surface area contributed by atoms with Gasteiger partial charge in [0.15, 0.2) is 0 Å². The number of hydrogen-bond acceptors (Lipinski definition) is 4. The van der Waals surface area contributed by atoms with Crippen LogP contribution in [0.2, 0.25) is 0 Å². The summed E-state index contributed by atoms with van der Waals surface area (Å²) in [6.45, 7) is 2.98. The van der Waals surface area contributed by atoms with Gasteiger partial charge in [-0.3, -0.25) is 0 Å². The normalized spacial score (nSPS) is 23.6. The molecule has 1 saturated carbocycles. The average molecular weight is 265 g/mol. The van der Waals surface area contributed by atoms with Crippen molar-refractivity contribution in [3.8, 4) is 5.88 Å². The largest absolute Gasteiger partial charge is 0.476 e. The number of nitrogens with zero attached hydrogens (tertiary/aromatic N) is 2. The zero-order chi connectivity index (χ0) is 13.0. The Bertz CT molecular complexity index is 424. The maximum Gasteiger partial charge on any atom is 0.243 e. The number of hydrogen-bond donors (Lipinski definition) is 1. The summed E-state index contributed by atoms with van der Waals surface area (Å²) in [4.78, 5) is 0.303. The molecular weight excluding hydrogens is 246 g/mol. The molecule has 1 aromatic heterocycles. The van der Waals surface area contributed by atoms with Crippen molar-refractivity contribution in [2.24, 2.45) is 17.6 Å². The molecule has 1 aliphatic carbocycles. The predicted molar refractivity (Wildman–Crippen MR) is 74.5 cm³/mol. The molecule has 2 atom stereocenters. The third kappa shape index (κ3) is 3.38. The van der Waals surface area contributed by atoms with Gasteiger partial charge in [-0.25, -0.2) is 0 Å². The topological polar surface area (TPSA) is 61.0 Å². The van der Waals surface area contributed by atoms with Gasteiger partial charge < -0.3 is 10.5 Å². The lowest BCUT2D eigenvalue weighted by Gasteiger charge is -2.26. The molecule has 5 heteroatoms. The van der Waals surface area contributed by atoms with E-state index in [2.05, 4.69) is 17.1 Å². The van der Waals surface area contributed by atoms with Crippen molar-refractivity contribution >= 4 is 17.2 Å². The van der Waals surface area contributed by atoms with Crippen LogP contribution in [0.15, 0.2) is 12.3 Å². The Hall–Kier alpha value is -1.23. The number of nitrogens with two attached hydrogens (primary N) is 1. The Labute approximate surface area is 113 Å². The van der Waals surface area contributed by atoms with Gasteiger partial charge in [-0.05, 0) is 30.7 Å². The van der Waals surface area contributed by atoms with Crippen LogP contribution >= 0.6 is 12.2 Å². The molecule has 0 radical (unpaired) electrons. The van der Waals surface area contributed by atoms with E-state index in [9.17, 15) is 0 Å². The maximum absolute atomic E-state index is 5.75. The van der Waals surface area contributed by atoms with Crippen LogP contribution in [0.25, 0.3) is 0 Å². The zero-order valence-corrected chi connectivity index (χ0v) is 11.4. The molecule has 0 aliphatic heterocycles. The van der Waals surface area contributed by atoms with Crippen LogP contribution in [0.1, 0.15) is 38.2 Å². The van der Waals surface area contributed by atoms with Gasteiger partial charge in [-0.1, -0.05) is 32.0 Å². The molecule has 1 aromatic rings. The standard InChI is InChI=1S/C13H19N3OS/c1-9-3-2-4-10(7-9)8-17-13-11(12(14)18)5-6-15-16-13/h5-6,9-10H,2-4,7-8H2,1H3,(H2,14,18). The lowest BCUT2D eigenvalue weighted by molar-refractivity contribution is 0.176. The molecule has 0 saturated heterocycles. The predicted octanol–water partition coefficient (Wildman–Crippen LogP) is 2.32. The second-order valence-electron chi connectivity index (χ2n) is 5.06. The third-order valence-corrected chi connectivity index (χ3v) is 3.67. The Morgan fingerprint density at radius 2 is 2.39 bits per heavy atom. The van der Waals surface area contributed by atoms with Crippen LogP contribution in [0.5, 0.6) is 5.88 Å². The molecule has 2 unspecified atom stereocenters. The van der Waals surface area contributed by atoms with E-state index in [4.69, 9.17) is 22.7 Å². The molecule has 1 heterocycles. The quantitative estimate of drug-likeness (QED) is 0.847. The van der Waals surface area contributed by atoms with Gasteiger partial charge >= 0.3 is 0 Å². The molecule has 1 fully saturated rings. The van der Waals surface area contributed by atoms with E-state index >= 15 is 0 Å². The van der Waals surface area contributed by atoms with Crippen molar-refractivity contribution < 1.29 is 4.74 Å². The number of rotatable bonds is 4. The molecule has 18 heavy (non-hydrogen) atoms. The van der Waals surface area contributed by atoms with Gasteiger partial charge in [-0.15, -0.1) is 5.10 Å². The molecule has 0 spiro atoms. The van der Waals surface area contributed by atoms with Gasteiger partial charge in [0, 0.05) is 0 Å². The molecule has 2 N–H and O–H groups in total. The molecule has 2 rings (SSSR count). The fourth-order valence-corrected chi connectivity index (χ4v) is 2.68. The van der Waals surface area contributed by atoms with Crippen LogP contribution in [0, 0.1) is 11.8 Å². The summed E-state index contributed by atoms with van der Waals surface area (Å²) < 4.78 is 5.75. The van der Waals surface area contributed by atoms with Gasteiger partial charge in [0.2, 0.25) is 5.88 Å². The first-order chi connectivity index (χ1) is 8.66. The minimum atomic E-state index is 0.303. The fraction of sp³-hybridized carbons (Fsp3) is 0.615. The third-order valence-electron chi connectivity index (χ3n) is 3.45. The van der Waals surface area contributed by atoms with Crippen molar-refractivity contribution in [3.05, 3.63) is 17.8 Å². The second kappa shape index (κ2) is 6.09. The Morgan fingerprint density at radius 1 is 1.56 bits per heavy atom. The summed E-state index contributed by atoms with van der Waals surface area (Å²) in [5, 5.41) is 7.78. The van der Waals surface area contributed by atoms with Crippen LogP contribution in [0.3, 0.4) is 0 Å². The Balaban J connectivity index is 1.95. The van der Waals surface area contributed by atoms with E-state index < -0.39 is 0 Å². The van der Waals surface area contributed by atoms with E-state index in [0.29, 0.717) is 29.0 Å². The van der Waals surface area contributed by atoms with Crippen LogP contribution in [0.4, 0.5) is 0 Å². The highest BCUT2D eigenvalue weighted by molar-refractivity contribution is 7.80. The average Bonchev–Trinajstić information content (AvgIpc) is 2.37. The van der Waals surface area contributed by atoms with Gasteiger partial charge in [0.05, 0.1) is 18.4 Å². The van der Waals surface area contributed by atoms with Crippen molar-refractivity contribution in [1.29, 1.82) is 0 Å². The minimum absolute atomic E-state index is 0.303. The Morgan fingerprint density at radius 3 is 3.11 bits per heavy atom. The maximum atomic E-state index is 5.75. The monoisotopic (exact) mass is 265 g/mol. The molecule has 98 valence electrons. The molecule has 0 amide bonds. The van der Waals surface area contributed by atoms with Gasteiger partial charge in [0.25, 0.3) is 0 Å². The highest BCUT2D eigenvalue weighted by atomic mass is 32.1. The van der Waals surface area contributed by atoms with E-state index in [1.54, 1.807) is 12.3 Å². The Kier molecular flexibility index (Phi) is 4.47. The first kappa shape index (κ1) is 13.2. The van der Waals surface area contributed by atoms with Crippen molar-refractivity contribution in [2.45, 2.75) is 32.6 Å². The summed E-state index contributed by atoms with van der Waals surface area (Å²) >= 11 is 4.97. The molecule has 1 aliphatic rings. The van der Waals surface area contributed by atoms with Crippen LogP contribution < -0.4 is 10.5 Å².